The van der Waals surface area contributed by atoms with E-state index in [-0.39, 0.29) is 49.3 Å². The summed E-state index contributed by atoms with van der Waals surface area (Å²) in [7, 11) is 0. The molecule has 0 aliphatic carbocycles. The Kier molecular flexibility index (Phi) is 10.4. The molecular formula is C38H48ClN3O6. The van der Waals surface area contributed by atoms with E-state index in [1.54, 1.807) is 51.1 Å². The zero-order valence-corrected chi connectivity index (χ0v) is 29.4. The predicted octanol–water partition coefficient (Wildman–Crippen LogP) is 5.89. The second-order valence-electron chi connectivity index (χ2n) is 13.8. The molecule has 48 heavy (non-hydrogen) atoms. The second-order valence-corrected chi connectivity index (χ2v) is 14.2. The largest absolute Gasteiger partial charge is 0.494 e. The van der Waals surface area contributed by atoms with Crippen LogP contribution in [0, 0.1) is 23.7 Å². The van der Waals surface area contributed by atoms with Gasteiger partial charge in [-0.25, -0.2) is 0 Å². The van der Waals surface area contributed by atoms with E-state index in [0.29, 0.717) is 41.6 Å². The van der Waals surface area contributed by atoms with Crippen LogP contribution in [0.2, 0.25) is 5.02 Å². The molecule has 258 valence electrons. The van der Waals surface area contributed by atoms with Crippen LogP contribution in [0.5, 0.6) is 5.75 Å². The lowest BCUT2D eigenvalue weighted by Crippen LogP contribution is -2.59. The number of nitrogens with zero attached hydrogens (tertiary/aromatic N) is 3. The fourth-order valence-electron chi connectivity index (χ4n) is 8.27. The highest BCUT2D eigenvalue weighted by Crippen LogP contribution is 2.66. The van der Waals surface area contributed by atoms with Crippen LogP contribution >= 0.6 is 11.6 Å². The minimum absolute atomic E-state index is 0.123. The van der Waals surface area contributed by atoms with Crippen LogP contribution in [0.3, 0.4) is 0 Å². The van der Waals surface area contributed by atoms with Gasteiger partial charge in [0.05, 0.1) is 36.7 Å². The Morgan fingerprint density at radius 3 is 2.15 bits per heavy atom. The van der Waals surface area contributed by atoms with Crippen LogP contribution in [-0.4, -0.2) is 77.3 Å². The molecule has 0 aromatic heterocycles. The number of amides is 3. The van der Waals surface area contributed by atoms with Crippen molar-refractivity contribution in [1.82, 2.24) is 4.90 Å². The summed E-state index contributed by atoms with van der Waals surface area (Å²) in [6.45, 7) is 18.2. The summed E-state index contributed by atoms with van der Waals surface area (Å²) in [6, 6.07) is 12.5. The van der Waals surface area contributed by atoms with E-state index < -0.39 is 35.1 Å². The predicted molar refractivity (Wildman–Crippen MR) is 188 cm³/mol. The smallest absolute Gasteiger partial charge is 0.253 e. The fraction of sp³-hybridized carbons (Fsp3) is 0.500. The quantitative estimate of drug-likeness (QED) is 0.250. The maximum atomic E-state index is 15.0. The Morgan fingerprint density at radius 1 is 1.06 bits per heavy atom. The van der Waals surface area contributed by atoms with Crippen LogP contribution in [0.1, 0.15) is 47.5 Å². The number of likely N-dealkylation sites (tertiary alicyclic amines) is 1. The summed E-state index contributed by atoms with van der Waals surface area (Å²) in [5, 5.41) is 11.3. The van der Waals surface area contributed by atoms with Crippen molar-refractivity contribution in [3.05, 3.63) is 78.9 Å². The van der Waals surface area contributed by atoms with Gasteiger partial charge in [0.15, 0.2) is 0 Å². The average molecular weight is 678 g/mol. The summed E-state index contributed by atoms with van der Waals surface area (Å²) < 4.78 is 12.6. The van der Waals surface area contributed by atoms with Crippen LogP contribution in [0.4, 0.5) is 11.4 Å². The molecule has 3 fully saturated rings. The number of ether oxygens (including phenoxy) is 2. The minimum Gasteiger partial charge on any atom is -0.494 e. The molecule has 1 N–H and O–H groups in total. The number of hydrogen-bond donors (Lipinski definition) is 1. The third-order valence-electron chi connectivity index (χ3n) is 10.4. The molecule has 2 bridgehead atoms. The summed E-state index contributed by atoms with van der Waals surface area (Å²) in [6.07, 6.45) is 4.16. The Balaban J connectivity index is 1.64. The minimum atomic E-state index is -1.29. The van der Waals surface area contributed by atoms with Crippen molar-refractivity contribution in [2.45, 2.75) is 70.7 Å². The molecule has 2 aromatic rings. The standard InChI is InChI=1S/C38H48ClN3O6/c1-8-19-40(28-15-17-30(18-16-28)47-10-3)34(44)31-32-35(45)42(29(23-43)21-24(4)5)33(38(32)22-25(6)37(31,7)48-38)36(46)41(20-9-2)27-13-11-26(39)12-14-27/h8-9,11-18,24-25,29,31-33,43H,1-2,10,19-23H2,3-7H3/t25?,29-,31+,32+,33?,37-,38?/m1/s1. The van der Waals surface area contributed by atoms with Gasteiger partial charge in [0.25, 0.3) is 5.91 Å². The molecular weight excluding hydrogens is 630 g/mol. The summed E-state index contributed by atoms with van der Waals surface area (Å²) >= 11 is 6.19. The third-order valence-corrected chi connectivity index (χ3v) is 10.6. The molecule has 9 nitrogen and oxygen atoms in total. The monoisotopic (exact) mass is 677 g/mol. The first-order valence-corrected chi connectivity index (χ1v) is 17.2. The third kappa shape index (κ3) is 5.94. The zero-order valence-electron chi connectivity index (χ0n) is 28.6. The van der Waals surface area contributed by atoms with Gasteiger partial charge in [-0.3, -0.25) is 14.4 Å². The summed E-state index contributed by atoms with van der Waals surface area (Å²) in [5.74, 6) is -2.14. The van der Waals surface area contributed by atoms with E-state index in [1.165, 1.54) is 0 Å². The van der Waals surface area contributed by atoms with Gasteiger partial charge in [-0.2, -0.15) is 0 Å². The van der Waals surface area contributed by atoms with Crippen molar-refractivity contribution in [2.24, 2.45) is 23.7 Å². The van der Waals surface area contributed by atoms with Crippen molar-refractivity contribution < 1.29 is 29.0 Å². The fourth-order valence-corrected chi connectivity index (χ4v) is 8.40. The molecule has 5 rings (SSSR count). The molecule has 3 saturated heterocycles. The first-order chi connectivity index (χ1) is 22.9. The number of aliphatic hydroxyl groups is 1. The Bertz CT molecular complexity index is 1530. The van der Waals surface area contributed by atoms with Gasteiger partial charge >= 0.3 is 0 Å². The topological polar surface area (TPSA) is 99.6 Å². The van der Waals surface area contributed by atoms with Gasteiger partial charge < -0.3 is 29.3 Å². The molecule has 7 atom stereocenters. The van der Waals surface area contributed by atoms with Crippen molar-refractivity contribution >= 4 is 40.7 Å². The Labute approximate surface area is 289 Å². The van der Waals surface area contributed by atoms with Crippen molar-refractivity contribution in [3.63, 3.8) is 0 Å². The number of benzene rings is 2. The first kappa shape index (κ1) is 35.6. The molecule has 3 heterocycles. The molecule has 0 saturated carbocycles. The number of aliphatic hydroxyl groups excluding tert-OH is 1. The van der Waals surface area contributed by atoms with Gasteiger partial charge in [0.2, 0.25) is 11.8 Å². The normalized spacial score (nSPS) is 27.9. The van der Waals surface area contributed by atoms with Crippen LogP contribution in [0.25, 0.3) is 0 Å². The van der Waals surface area contributed by atoms with E-state index in [1.807, 2.05) is 58.9 Å². The van der Waals surface area contributed by atoms with E-state index in [0.717, 1.165) is 0 Å². The van der Waals surface area contributed by atoms with Crippen LogP contribution < -0.4 is 14.5 Å². The lowest BCUT2D eigenvalue weighted by atomic mass is 9.62. The molecule has 3 aliphatic heterocycles. The van der Waals surface area contributed by atoms with Gasteiger partial charge in [0.1, 0.15) is 17.4 Å². The highest BCUT2D eigenvalue weighted by molar-refractivity contribution is 6.30. The number of carbonyl (C=O) groups is 3. The number of rotatable bonds is 14. The van der Waals surface area contributed by atoms with Crippen molar-refractivity contribution in [1.29, 1.82) is 0 Å². The van der Waals surface area contributed by atoms with E-state index in [2.05, 4.69) is 13.2 Å². The summed E-state index contributed by atoms with van der Waals surface area (Å²) in [5.41, 5.74) is -1.09. The molecule has 2 aromatic carbocycles. The number of fused-ring (bicyclic) bond motifs is 1. The molecule has 3 aliphatic rings. The number of halogens is 1. The highest BCUT2D eigenvalue weighted by Gasteiger charge is 2.80. The number of hydrogen-bond acceptors (Lipinski definition) is 6. The molecule has 1 spiro atoms. The molecule has 0 radical (unpaired) electrons. The van der Waals surface area contributed by atoms with Gasteiger partial charge in [0, 0.05) is 29.5 Å². The van der Waals surface area contributed by atoms with Gasteiger partial charge in [-0.1, -0.05) is 44.5 Å². The number of anilines is 2. The lowest BCUT2D eigenvalue weighted by molar-refractivity contribution is -0.149. The molecule has 3 amide bonds. The van der Waals surface area contributed by atoms with E-state index in [9.17, 15) is 14.7 Å². The zero-order chi connectivity index (χ0) is 35.0. The van der Waals surface area contributed by atoms with Crippen molar-refractivity contribution in [3.8, 4) is 5.75 Å². The van der Waals surface area contributed by atoms with Crippen molar-refractivity contribution in [2.75, 3.05) is 36.1 Å². The van der Waals surface area contributed by atoms with Gasteiger partial charge in [-0.15, -0.1) is 13.2 Å². The lowest BCUT2D eigenvalue weighted by Gasteiger charge is -2.40. The maximum absolute atomic E-state index is 15.0. The van der Waals surface area contributed by atoms with Gasteiger partial charge in [-0.05, 0) is 87.1 Å². The Hall–Kier alpha value is -3.66. The Morgan fingerprint density at radius 2 is 1.62 bits per heavy atom. The first-order valence-electron chi connectivity index (χ1n) is 16.8. The van der Waals surface area contributed by atoms with E-state index >= 15 is 4.79 Å². The number of carbonyl (C=O) groups excluding carboxylic acids is 3. The average Bonchev–Trinajstić information content (AvgIpc) is 3.58. The maximum Gasteiger partial charge on any atom is 0.253 e. The van der Waals surface area contributed by atoms with Crippen LogP contribution in [-0.2, 0) is 19.1 Å². The molecule has 10 heteroatoms. The van der Waals surface area contributed by atoms with E-state index in [4.69, 9.17) is 21.1 Å². The van der Waals surface area contributed by atoms with Crippen LogP contribution in [0.15, 0.2) is 73.8 Å². The SMILES string of the molecule is C=CCN(C(=O)C1N([C@@H](CO)CC(C)C)C(=O)[C@@H]2[C@@H](C(=O)N(CC=C)c3ccc(OCC)cc3)[C@]3(C)OC12CC3C)c1ccc(Cl)cc1. The summed E-state index contributed by atoms with van der Waals surface area (Å²) in [4.78, 5) is 49.6. The highest BCUT2D eigenvalue weighted by atomic mass is 35.5. The second kappa shape index (κ2) is 14.1. The molecule has 3 unspecified atom stereocenters.